The van der Waals surface area contributed by atoms with Crippen molar-refractivity contribution in [2.24, 2.45) is 5.41 Å². The van der Waals surface area contributed by atoms with Gasteiger partial charge in [0, 0.05) is 25.7 Å². The molecule has 8 heteroatoms. The Morgan fingerprint density at radius 3 is 0.738 bits per heavy atom. The maximum Gasteiger partial charge on any atom is 0.306 e. The minimum atomic E-state index is -1.35. The summed E-state index contributed by atoms with van der Waals surface area (Å²) in [6, 6.07) is 33.1. The molecule has 0 aliphatic carbocycles. The average Bonchev–Trinajstić information content (AvgIpc) is 3.33. The van der Waals surface area contributed by atoms with Gasteiger partial charge < -0.3 is 18.9 Å². The Morgan fingerprint density at radius 1 is 0.338 bits per heavy atom. The van der Waals surface area contributed by atoms with Crippen molar-refractivity contribution in [3.05, 3.63) is 142 Å². The van der Waals surface area contributed by atoms with Gasteiger partial charge in [-0.15, -0.1) is 0 Å². The highest BCUT2D eigenvalue weighted by Gasteiger charge is 2.38. The van der Waals surface area contributed by atoms with E-state index in [-0.39, 0.29) is 52.1 Å². The summed E-state index contributed by atoms with van der Waals surface area (Å²) in [5.41, 5.74) is 7.76. The van der Waals surface area contributed by atoms with Crippen molar-refractivity contribution in [1.82, 2.24) is 0 Å². The third-order valence-electron chi connectivity index (χ3n) is 11.9. The normalized spacial score (nSPS) is 11.3. The van der Waals surface area contributed by atoms with E-state index < -0.39 is 29.3 Å². The lowest BCUT2D eigenvalue weighted by Gasteiger charge is -2.31. The van der Waals surface area contributed by atoms with Crippen molar-refractivity contribution in [1.29, 1.82) is 0 Å². The van der Waals surface area contributed by atoms with Gasteiger partial charge in [0.2, 0.25) is 0 Å². The quantitative estimate of drug-likeness (QED) is 0.0353. The molecule has 4 rings (SSSR count). The van der Waals surface area contributed by atoms with Crippen LogP contribution in [0.4, 0.5) is 0 Å². The summed E-state index contributed by atoms with van der Waals surface area (Å²) in [4.78, 5) is 53.8. The molecule has 0 unspecified atom stereocenters. The lowest BCUT2D eigenvalue weighted by Crippen LogP contribution is -2.44. The topological polar surface area (TPSA) is 105 Å². The highest BCUT2D eigenvalue weighted by atomic mass is 16.6. The fourth-order valence-electron chi connectivity index (χ4n) is 7.74. The summed E-state index contributed by atoms with van der Waals surface area (Å²) in [7, 11) is 0. The molecule has 0 atom stereocenters. The summed E-state index contributed by atoms with van der Waals surface area (Å²) < 4.78 is 23.7. The van der Waals surface area contributed by atoms with Crippen LogP contribution in [0.1, 0.15) is 149 Å². The number of ether oxygens (including phenoxy) is 4. The smallest absolute Gasteiger partial charge is 0.306 e. The van der Waals surface area contributed by atoms with Crippen LogP contribution in [0.15, 0.2) is 97.1 Å². The molecule has 0 radical (unpaired) electrons. The zero-order chi connectivity index (χ0) is 46.5. The molecule has 0 spiro atoms. The van der Waals surface area contributed by atoms with Crippen LogP contribution in [0, 0.1) is 5.41 Å². The van der Waals surface area contributed by atoms with E-state index in [0.717, 1.165) is 99.3 Å². The maximum atomic E-state index is 13.4. The van der Waals surface area contributed by atoms with Crippen LogP contribution >= 0.6 is 0 Å². The number of hydrogen-bond donors (Lipinski definition) is 0. The summed E-state index contributed by atoms with van der Waals surface area (Å²) >= 11 is 0. The number of hydrogen-bond acceptors (Lipinski definition) is 8. The Labute approximate surface area is 390 Å². The number of carbonyl (C=O) groups excluding carboxylic acids is 4. The van der Waals surface area contributed by atoms with Gasteiger partial charge in [-0.2, -0.15) is 0 Å². The third kappa shape index (κ3) is 21.1. The number of benzene rings is 4. The van der Waals surface area contributed by atoms with Crippen LogP contribution < -0.4 is 0 Å². The van der Waals surface area contributed by atoms with Crippen LogP contribution in [0.2, 0.25) is 0 Å². The molecule has 0 amide bonds. The van der Waals surface area contributed by atoms with Gasteiger partial charge in [0.05, 0.1) is 0 Å². The van der Waals surface area contributed by atoms with Gasteiger partial charge in [0.15, 0.2) is 0 Å². The predicted molar refractivity (Wildman–Crippen MR) is 260 cm³/mol. The van der Waals surface area contributed by atoms with E-state index in [2.05, 4.69) is 76.2 Å². The van der Waals surface area contributed by atoms with Gasteiger partial charge in [0.1, 0.15) is 31.8 Å². The summed E-state index contributed by atoms with van der Waals surface area (Å²) in [6.07, 6.45) is 15.2. The average molecular weight is 889 g/mol. The fourth-order valence-corrected chi connectivity index (χ4v) is 7.74. The van der Waals surface area contributed by atoms with Gasteiger partial charge in [-0.25, -0.2) is 0 Å². The van der Waals surface area contributed by atoms with Gasteiger partial charge in [0.25, 0.3) is 0 Å². The first-order chi connectivity index (χ1) is 31.6. The van der Waals surface area contributed by atoms with Crippen molar-refractivity contribution in [2.45, 2.75) is 156 Å². The minimum absolute atomic E-state index is 0.124. The van der Waals surface area contributed by atoms with E-state index in [4.69, 9.17) is 18.9 Å². The largest absolute Gasteiger partial charge is 0.465 e. The lowest BCUT2D eigenvalue weighted by molar-refractivity contribution is -0.170. The van der Waals surface area contributed by atoms with E-state index in [1.165, 1.54) is 22.3 Å². The first-order valence-electron chi connectivity index (χ1n) is 24.6. The Bertz CT molecular complexity index is 1740. The van der Waals surface area contributed by atoms with E-state index >= 15 is 0 Å². The second-order valence-electron chi connectivity index (χ2n) is 17.8. The van der Waals surface area contributed by atoms with Crippen LogP contribution in [-0.4, -0.2) is 50.3 Å². The number of aryl methyl sites for hydroxylation is 8. The first-order valence-corrected chi connectivity index (χ1v) is 24.6. The molecule has 0 aliphatic heterocycles. The lowest BCUT2D eigenvalue weighted by atomic mass is 9.92. The molecule has 0 heterocycles. The Balaban J connectivity index is 1.50. The standard InChI is InChI=1S/C57H76O8/c1-5-9-17-45-21-13-25-49(37-45)29-33-53(58)62-41-57(42-63-54(59)34-30-50-26-14-22-46(38-50)18-10-6-2,43-64-55(60)35-31-51-27-15-23-47(39-51)19-11-7-3)44-65-56(61)36-32-52-28-16-24-48(40-52)20-12-8-4/h13-16,21-28,37-40H,5-12,17-20,29-36,41-44H2,1-4H3. The van der Waals surface area contributed by atoms with Crippen LogP contribution in [-0.2, 0) is 89.5 Å². The van der Waals surface area contributed by atoms with Crippen LogP contribution in [0.3, 0.4) is 0 Å². The molecule has 0 N–H and O–H groups in total. The van der Waals surface area contributed by atoms with Crippen molar-refractivity contribution in [2.75, 3.05) is 26.4 Å². The Kier molecular flexibility index (Phi) is 24.2. The molecule has 4 aromatic carbocycles. The predicted octanol–water partition coefficient (Wildman–Crippen LogP) is 12.0. The second kappa shape index (κ2) is 30.1. The number of rotatable bonds is 32. The molecular weight excluding hydrogens is 813 g/mol. The van der Waals surface area contributed by atoms with E-state index in [1.54, 1.807) is 0 Å². The Hall–Kier alpha value is -5.24. The van der Waals surface area contributed by atoms with Crippen molar-refractivity contribution >= 4 is 23.9 Å². The molecule has 65 heavy (non-hydrogen) atoms. The highest BCUT2D eigenvalue weighted by molar-refractivity contribution is 5.72. The zero-order valence-corrected chi connectivity index (χ0v) is 40.0. The summed E-state index contributed by atoms with van der Waals surface area (Å²) in [5, 5.41) is 0. The number of unbranched alkanes of at least 4 members (excludes halogenated alkanes) is 4. The van der Waals surface area contributed by atoms with Crippen molar-refractivity contribution in [3.8, 4) is 0 Å². The van der Waals surface area contributed by atoms with E-state index in [9.17, 15) is 19.2 Å². The van der Waals surface area contributed by atoms with Crippen LogP contribution in [0.25, 0.3) is 0 Å². The molecule has 4 aromatic rings. The number of carbonyl (C=O) groups is 4. The summed E-state index contributed by atoms with van der Waals surface area (Å²) in [5.74, 6) is -1.81. The SMILES string of the molecule is CCCCc1cccc(CCC(=O)OCC(COC(=O)CCc2cccc(CCCC)c2)(COC(=O)CCc2cccc(CCCC)c2)COC(=O)CCc2cccc(CCCC)c2)c1. The molecule has 0 bridgehead atoms. The minimum Gasteiger partial charge on any atom is -0.465 e. The van der Waals surface area contributed by atoms with Gasteiger partial charge >= 0.3 is 23.9 Å². The maximum absolute atomic E-state index is 13.4. The van der Waals surface area contributed by atoms with Crippen LogP contribution in [0.5, 0.6) is 0 Å². The molecule has 0 saturated heterocycles. The van der Waals surface area contributed by atoms with Gasteiger partial charge in [-0.3, -0.25) is 19.2 Å². The molecule has 0 fully saturated rings. The molecule has 8 nitrogen and oxygen atoms in total. The summed E-state index contributed by atoms with van der Waals surface area (Å²) in [6.45, 7) is 7.53. The molecule has 0 saturated carbocycles. The van der Waals surface area contributed by atoms with Crippen molar-refractivity contribution < 1.29 is 38.1 Å². The van der Waals surface area contributed by atoms with Gasteiger partial charge in [-0.05, 0) is 122 Å². The first kappa shape index (κ1) is 52.4. The van der Waals surface area contributed by atoms with Gasteiger partial charge in [-0.1, -0.05) is 150 Å². The van der Waals surface area contributed by atoms with E-state index in [1.807, 2.05) is 48.5 Å². The van der Waals surface area contributed by atoms with E-state index in [0.29, 0.717) is 25.7 Å². The third-order valence-corrected chi connectivity index (χ3v) is 11.9. The molecule has 0 aromatic heterocycles. The zero-order valence-electron chi connectivity index (χ0n) is 40.0. The Morgan fingerprint density at radius 2 is 0.538 bits per heavy atom. The highest BCUT2D eigenvalue weighted by Crippen LogP contribution is 2.24. The monoisotopic (exact) mass is 889 g/mol. The number of esters is 4. The molecular formula is C57H76O8. The van der Waals surface area contributed by atoms with Crippen molar-refractivity contribution in [3.63, 3.8) is 0 Å². The fraction of sp³-hybridized carbons (Fsp3) is 0.509. The second-order valence-corrected chi connectivity index (χ2v) is 17.8. The molecule has 352 valence electrons. The molecule has 0 aliphatic rings.